The van der Waals surface area contributed by atoms with E-state index in [1.54, 1.807) is 18.2 Å². The Morgan fingerprint density at radius 3 is 2.65 bits per heavy atom. The van der Waals surface area contributed by atoms with Crippen LogP contribution in [0.3, 0.4) is 0 Å². The van der Waals surface area contributed by atoms with Gasteiger partial charge in [-0.2, -0.15) is 0 Å². The molecule has 0 saturated carbocycles. The van der Waals surface area contributed by atoms with Crippen LogP contribution in [0.15, 0.2) is 24.3 Å². The third-order valence-corrected chi connectivity index (χ3v) is 2.49. The minimum atomic E-state index is -1.14. The number of methoxy groups -OCH3 is 1. The molecule has 0 saturated heterocycles. The molecule has 20 heavy (non-hydrogen) atoms. The number of benzene rings is 1. The number of aliphatic carboxylic acids is 1. The van der Waals surface area contributed by atoms with Gasteiger partial charge in [-0.25, -0.2) is 0 Å². The van der Waals surface area contributed by atoms with Crippen LogP contribution < -0.4 is 15.4 Å². The molecule has 3 N–H and O–H groups in total. The number of hydrogen-bond donors (Lipinski definition) is 3. The molecule has 1 aromatic rings. The smallest absolute Gasteiger partial charge is 0.325 e. The fraction of sp³-hybridized carbons (Fsp3) is 0.308. The summed E-state index contributed by atoms with van der Waals surface area (Å²) >= 11 is 0. The van der Waals surface area contributed by atoms with Gasteiger partial charge >= 0.3 is 5.97 Å². The molecular weight excluding hydrogens is 264 g/mol. The Balaban J connectivity index is 2.50. The lowest BCUT2D eigenvalue weighted by molar-refractivity contribution is -0.141. The molecule has 0 aliphatic heterocycles. The summed E-state index contributed by atoms with van der Waals surface area (Å²) in [4.78, 5) is 33.7. The molecule has 0 spiro atoms. The van der Waals surface area contributed by atoms with E-state index >= 15 is 0 Å². The van der Waals surface area contributed by atoms with Gasteiger partial charge in [-0.3, -0.25) is 14.4 Å². The van der Waals surface area contributed by atoms with Crippen LogP contribution in [-0.4, -0.2) is 42.6 Å². The van der Waals surface area contributed by atoms with Crippen molar-refractivity contribution in [1.82, 2.24) is 10.6 Å². The largest absolute Gasteiger partial charge is 0.497 e. The van der Waals surface area contributed by atoms with Crippen LogP contribution in [0.1, 0.15) is 17.3 Å². The highest BCUT2D eigenvalue weighted by atomic mass is 16.5. The van der Waals surface area contributed by atoms with Crippen molar-refractivity contribution in [1.29, 1.82) is 0 Å². The Kier molecular flexibility index (Phi) is 5.52. The van der Waals surface area contributed by atoms with Gasteiger partial charge in [-0.15, -0.1) is 0 Å². The van der Waals surface area contributed by atoms with Crippen LogP contribution in [0.5, 0.6) is 5.75 Å². The Hall–Kier alpha value is -2.57. The molecule has 2 amide bonds. The maximum atomic E-state index is 11.8. The molecule has 1 rings (SSSR count). The number of rotatable bonds is 6. The molecule has 0 aliphatic rings. The SMILES string of the molecule is COc1cccc(C(=O)NCC(=O)N[C@H](C)C(=O)O)c1. The maximum Gasteiger partial charge on any atom is 0.325 e. The molecule has 0 unspecified atom stereocenters. The zero-order valence-corrected chi connectivity index (χ0v) is 11.2. The number of ether oxygens (including phenoxy) is 1. The molecule has 0 heterocycles. The van der Waals surface area contributed by atoms with Crippen LogP contribution in [0, 0.1) is 0 Å². The number of carbonyl (C=O) groups is 3. The third kappa shape index (κ3) is 4.60. The summed E-state index contributed by atoms with van der Waals surface area (Å²) in [6.45, 7) is 1.04. The number of carboxylic acids is 1. The van der Waals surface area contributed by atoms with E-state index in [1.165, 1.54) is 20.1 Å². The number of nitrogens with one attached hydrogen (secondary N) is 2. The van der Waals surface area contributed by atoms with Crippen molar-refractivity contribution in [2.24, 2.45) is 0 Å². The van der Waals surface area contributed by atoms with Crippen LogP contribution in [0.25, 0.3) is 0 Å². The normalized spacial score (nSPS) is 11.3. The molecule has 7 nitrogen and oxygen atoms in total. The number of carboxylic acid groups (broad SMARTS) is 1. The van der Waals surface area contributed by atoms with Gasteiger partial charge < -0.3 is 20.5 Å². The van der Waals surface area contributed by atoms with E-state index in [1.807, 2.05) is 0 Å². The van der Waals surface area contributed by atoms with E-state index in [4.69, 9.17) is 9.84 Å². The molecule has 0 fully saturated rings. The standard InChI is InChI=1S/C13H16N2O5/c1-8(13(18)19)15-11(16)7-14-12(17)9-4-3-5-10(6-9)20-2/h3-6,8H,7H2,1-2H3,(H,14,17)(H,15,16)(H,18,19)/t8-/m1/s1. The van der Waals surface area contributed by atoms with Crippen LogP contribution >= 0.6 is 0 Å². The lowest BCUT2D eigenvalue weighted by Gasteiger charge is -2.10. The van der Waals surface area contributed by atoms with Crippen molar-refractivity contribution >= 4 is 17.8 Å². The first-order valence-electron chi connectivity index (χ1n) is 5.88. The van der Waals surface area contributed by atoms with Crippen molar-refractivity contribution in [3.63, 3.8) is 0 Å². The van der Waals surface area contributed by atoms with E-state index in [9.17, 15) is 14.4 Å². The molecule has 0 aromatic heterocycles. The zero-order valence-electron chi connectivity index (χ0n) is 11.2. The van der Waals surface area contributed by atoms with Crippen LogP contribution in [-0.2, 0) is 9.59 Å². The van der Waals surface area contributed by atoms with Crippen molar-refractivity contribution in [3.05, 3.63) is 29.8 Å². The molecule has 0 bridgehead atoms. The average molecular weight is 280 g/mol. The van der Waals surface area contributed by atoms with Gasteiger partial charge in [0.15, 0.2) is 0 Å². The first kappa shape index (κ1) is 15.5. The predicted molar refractivity (Wildman–Crippen MR) is 70.6 cm³/mol. The molecule has 108 valence electrons. The lowest BCUT2D eigenvalue weighted by atomic mass is 10.2. The summed E-state index contributed by atoms with van der Waals surface area (Å²) in [5.74, 6) is -1.63. The molecule has 0 radical (unpaired) electrons. The topological polar surface area (TPSA) is 105 Å². The second-order valence-corrected chi connectivity index (χ2v) is 4.04. The van der Waals surface area contributed by atoms with Gasteiger partial charge in [0, 0.05) is 5.56 Å². The molecule has 7 heteroatoms. The van der Waals surface area contributed by atoms with Crippen molar-refractivity contribution in [2.45, 2.75) is 13.0 Å². The predicted octanol–water partition coefficient (Wildman–Crippen LogP) is 0.0143. The van der Waals surface area contributed by atoms with Crippen molar-refractivity contribution in [2.75, 3.05) is 13.7 Å². The summed E-state index contributed by atoms with van der Waals surface area (Å²) in [5, 5.41) is 13.3. The second-order valence-electron chi connectivity index (χ2n) is 4.04. The molecule has 0 aliphatic carbocycles. The van der Waals surface area contributed by atoms with Crippen molar-refractivity contribution in [3.8, 4) is 5.75 Å². The van der Waals surface area contributed by atoms with Crippen LogP contribution in [0.2, 0.25) is 0 Å². The van der Waals surface area contributed by atoms with E-state index < -0.39 is 23.8 Å². The first-order valence-corrected chi connectivity index (χ1v) is 5.88. The Labute approximate surface area is 115 Å². The summed E-state index contributed by atoms with van der Waals surface area (Å²) in [6.07, 6.45) is 0. The summed E-state index contributed by atoms with van der Waals surface area (Å²) in [6, 6.07) is 5.46. The third-order valence-electron chi connectivity index (χ3n) is 2.49. The average Bonchev–Trinajstić information content (AvgIpc) is 2.44. The highest BCUT2D eigenvalue weighted by molar-refractivity contribution is 5.97. The Morgan fingerprint density at radius 2 is 2.05 bits per heavy atom. The van der Waals surface area contributed by atoms with Gasteiger partial charge in [0.1, 0.15) is 11.8 Å². The molecule has 1 atom stereocenters. The van der Waals surface area contributed by atoms with E-state index in [0.717, 1.165) is 0 Å². The quantitative estimate of drug-likeness (QED) is 0.681. The number of hydrogen-bond acceptors (Lipinski definition) is 4. The number of amides is 2. The summed E-state index contributed by atoms with van der Waals surface area (Å²) in [7, 11) is 1.48. The Morgan fingerprint density at radius 1 is 1.35 bits per heavy atom. The highest BCUT2D eigenvalue weighted by Gasteiger charge is 2.14. The van der Waals surface area contributed by atoms with E-state index in [0.29, 0.717) is 11.3 Å². The second kappa shape index (κ2) is 7.13. The fourth-order valence-corrected chi connectivity index (χ4v) is 1.38. The van der Waals surface area contributed by atoms with Crippen LogP contribution in [0.4, 0.5) is 0 Å². The van der Waals surface area contributed by atoms with E-state index in [2.05, 4.69) is 10.6 Å². The van der Waals surface area contributed by atoms with Gasteiger partial charge in [-0.05, 0) is 25.1 Å². The minimum Gasteiger partial charge on any atom is -0.497 e. The first-order chi connectivity index (χ1) is 9.43. The molecule has 1 aromatic carbocycles. The Bertz CT molecular complexity index is 515. The van der Waals surface area contributed by atoms with Gasteiger partial charge in [0.2, 0.25) is 5.91 Å². The van der Waals surface area contributed by atoms with Gasteiger partial charge in [0.25, 0.3) is 5.91 Å². The summed E-state index contributed by atoms with van der Waals surface area (Å²) in [5.41, 5.74) is 0.350. The monoisotopic (exact) mass is 280 g/mol. The van der Waals surface area contributed by atoms with Crippen molar-refractivity contribution < 1.29 is 24.2 Å². The fourth-order valence-electron chi connectivity index (χ4n) is 1.38. The van der Waals surface area contributed by atoms with E-state index in [-0.39, 0.29) is 6.54 Å². The minimum absolute atomic E-state index is 0.298. The lowest BCUT2D eigenvalue weighted by Crippen LogP contribution is -2.44. The number of carbonyl (C=O) groups excluding carboxylic acids is 2. The van der Waals surface area contributed by atoms with Gasteiger partial charge in [0.05, 0.1) is 13.7 Å². The maximum absolute atomic E-state index is 11.8. The van der Waals surface area contributed by atoms with Gasteiger partial charge in [-0.1, -0.05) is 6.07 Å². The zero-order chi connectivity index (χ0) is 15.1. The molecular formula is C13H16N2O5. The highest BCUT2D eigenvalue weighted by Crippen LogP contribution is 2.12. The summed E-state index contributed by atoms with van der Waals surface area (Å²) < 4.78 is 4.99.